The molecular formula is C29H28O5. The van der Waals surface area contributed by atoms with Crippen LogP contribution in [0.25, 0.3) is 22.1 Å². The lowest BCUT2D eigenvalue weighted by atomic mass is 10.0. The van der Waals surface area contributed by atoms with Crippen LogP contribution < -0.4 is 19.6 Å². The summed E-state index contributed by atoms with van der Waals surface area (Å²) in [6, 6.07) is 17.5. The van der Waals surface area contributed by atoms with Gasteiger partial charge in [0.1, 0.15) is 24.2 Å². The molecule has 0 unspecified atom stereocenters. The van der Waals surface area contributed by atoms with Gasteiger partial charge >= 0.3 is 0 Å². The molecule has 5 nitrogen and oxygen atoms in total. The summed E-state index contributed by atoms with van der Waals surface area (Å²) in [5.74, 6) is 2.11. The van der Waals surface area contributed by atoms with E-state index >= 15 is 0 Å². The van der Waals surface area contributed by atoms with Crippen molar-refractivity contribution < 1.29 is 18.6 Å². The molecule has 174 valence electrons. The van der Waals surface area contributed by atoms with Crippen LogP contribution in [-0.2, 0) is 13.0 Å². The fourth-order valence-electron chi connectivity index (χ4n) is 4.26. The van der Waals surface area contributed by atoms with Gasteiger partial charge in [0.25, 0.3) is 0 Å². The van der Waals surface area contributed by atoms with E-state index in [0.29, 0.717) is 47.9 Å². The molecule has 0 fully saturated rings. The Bertz CT molecular complexity index is 1390. The topological polar surface area (TPSA) is 57.9 Å². The molecule has 1 aliphatic heterocycles. The Morgan fingerprint density at radius 1 is 0.941 bits per heavy atom. The smallest absolute Gasteiger partial charge is 0.200 e. The Labute approximate surface area is 198 Å². The normalized spacial score (nSPS) is 13.0. The summed E-state index contributed by atoms with van der Waals surface area (Å²) < 4.78 is 23.7. The van der Waals surface area contributed by atoms with Gasteiger partial charge in [-0.1, -0.05) is 43.7 Å². The molecule has 3 aromatic carbocycles. The van der Waals surface area contributed by atoms with Gasteiger partial charge in [-0.05, 0) is 53.8 Å². The molecule has 0 atom stereocenters. The molecule has 5 rings (SSSR count). The maximum atomic E-state index is 13.5. The van der Waals surface area contributed by atoms with E-state index in [0.717, 1.165) is 41.7 Å². The minimum Gasteiger partial charge on any atom is -0.490 e. The maximum absolute atomic E-state index is 13.5. The Balaban J connectivity index is 1.52. The molecular weight excluding hydrogens is 428 g/mol. The number of hydrogen-bond donors (Lipinski definition) is 0. The average Bonchev–Trinajstić information content (AvgIpc) is 3.09. The summed E-state index contributed by atoms with van der Waals surface area (Å²) in [6.45, 7) is 5.87. The van der Waals surface area contributed by atoms with Gasteiger partial charge < -0.3 is 18.6 Å². The Morgan fingerprint density at radius 3 is 2.59 bits per heavy atom. The van der Waals surface area contributed by atoms with E-state index in [-0.39, 0.29) is 5.43 Å². The zero-order chi connectivity index (χ0) is 23.5. The minimum absolute atomic E-state index is 0.0708. The fourth-order valence-corrected chi connectivity index (χ4v) is 4.26. The molecule has 0 saturated heterocycles. The number of rotatable bonds is 6. The lowest BCUT2D eigenvalue weighted by Gasteiger charge is -2.14. The molecule has 0 radical (unpaired) electrons. The summed E-state index contributed by atoms with van der Waals surface area (Å²) in [4.78, 5) is 13.5. The van der Waals surface area contributed by atoms with E-state index in [1.54, 1.807) is 0 Å². The van der Waals surface area contributed by atoms with Gasteiger partial charge in [-0.15, -0.1) is 0 Å². The molecule has 0 aliphatic carbocycles. The van der Waals surface area contributed by atoms with Crippen LogP contribution in [-0.4, -0.2) is 13.2 Å². The average molecular weight is 457 g/mol. The van der Waals surface area contributed by atoms with Gasteiger partial charge in [-0.25, -0.2) is 0 Å². The molecule has 5 heteroatoms. The predicted octanol–water partition coefficient (Wildman–Crippen LogP) is 6.46. The first-order valence-electron chi connectivity index (χ1n) is 11.8. The second-order valence-corrected chi connectivity index (χ2v) is 8.61. The molecule has 34 heavy (non-hydrogen) atoms. The van der Waals surface area contributed by atoms with Gasteiger partial charge in [0.15, 0.2) is 11.5 Å². The highest BCUT2D eigenvalue weighted by Crippen LogP contribution is 2.34. The van der Waals surface area contributed by atoms with Gasteiger partial charge in [-0.3, -0.25) is 4.79 Å². The van der Waals surface area contributed by atoms with E-state index in [4.69, 9.17) is 18.6 Å². The lowest BCUT2D eigenvalue weighted by molar-refractivity contribution is 0.297. The number of ether oxygens (including phenoxy) is 3. The minimum atomic E-state index is -0.0708. The standard InChI is InChI=1S/C29H28O5/c1-3-7-21-14-23-27(16-26(21)33-17-22-9-5-4-8-19(22)2)34-18-24(29(23)30)20-10-11-25-28(15-20)32-13-6-12-31-25/h4-5,8-11,14-16,18H,3,6-7,12-13,17H2,1-2H3. The van der Waals surface area contributed by atoms with Crippen molar-refractivity contribution in [3.63, 3.8) is 0 Å². The first-order valence-corrected chi connectivity index (χ1v) is 11.8. The highest BCUT2D eigenvalue weighted by atomic mass is 16.5. The van der Waals surface area contributed by atoms with Crippen molar-refractivity contribution in [3.05, 3.63) is 87.8 Å². The zero-order valence-corrected chi connectivity index (χ0v) is 19.6. The number of fused-ring (bicyclic) bond motifs is 2. The lowest BCUT2D eigenvalue weighted by Crippen LogP contribution is -2.07. The van der Waals surface area contributed by atoms with Crippen molar-refractivity contribution >= 4 is 11.0 Å². The van der Waals surface area contributed by atoms with Crippen molar-refractivity contribution in [2.45, 2.75) is 39.7 Å². The van der Waals surface area contributed by atoms with E-state index in [1.807, 2.05) is 42.5 Å². The summed E-state index contributed by atoms with van der Waals surface area (Å²) >= 11 is 0. The third-order valence-electron chi connectivity index (χ3n) is 6.18. The Kier molecular flexibility index (Phi) is 6.26. The molecule has 1 aliphatic rings. The molecule has 0 amide bonds. The zero-order valence-electron chi connectivity index (χ0n) is 19.6. The molecule has 4 aromatic rings. The maximum Gasteiger partial charge on any atom is 0.200 e. The number of benzene rings is 3. The highest BCUT2D eigenvalue weighted by molar-refractivity contribution is 5.84. The molecule has 0 bridgehead atoms. The van der Waals surface area contributed by atoms with Crippen LogP contribution in [0.4, 0.5) is 0 Å². The van der Waals surface area contributed by atoms with Gasteiger partial charge in [0.2, 0.25) is 5.43 Å². The molecule has 1 aromatic heterocycles. The summed E-state index contributed by atoms with van der Waals surface area (Å²) in [6.07, 6.45) is 4.11. The molecule has 0 saturated carbocycles. The van der Waals surface area contributed by atoms with E-state index in [1.165, 1.54) is 11.8 Å². The molecule has 0 N–H and O–H groups in total. The highest BCUT2D eigenvalue weighted by Gasteiger charge is 2.17. The third-order valence-corrected chi connectivity index (χ3v) is 6.18. The summed E-state index contributed by atoms with van der Waals surface area (Å²) in [5.41, 5.74) is 5.02. The van der Waals surface area contributed by atoms with Gasteiger partial charge in [0.05, 0.1) is 24.2 Å². The number of hydrogen-bond acceptors (Lipinski definition) is 5. The molecule has 0 spiro atoms. The van der Waals surface area contributed by atoms with Gasteiger partial charge in [-0.2, -0.15) is 0 Å². The second-order valence-electron chi connectivity index (χ2n) is 8.61. The van der Waals surface area contributed by atoms with Crippen LogP contribution in [0.15, 0.2) is 70.1 Å². The first-order chi connectivity index (χ1) is 16.6. The van der Waals surface area contributed by atoms with E-state index in [9.17, 15) is 4.79 Å². The van der Waals surface area contributed by atoms with Crippen molar-refractivity contribution in [3.8, 4) is 28.4 Å². The Morgan fingerprint density at radius 2 is 1.76 bits per heavy atom. The van der Waals surface area contributed by atoms with Crippen LogP contribution in [0.1, 0.15) is 36.5 Å². The quantitative estimate of drug-likeness (QED) is 0.333. The first kappa shape index (κ1) is 22.1. The third kappa shape index (κ3) is 4.38. The largest absolute Gasteiger partial charge is 0.490 e. The van der Waals surface area contributed by atoms with Crippen LogP contribution >= 0.6 is 0 Å². The summed E-state index contributed by atoms with van der Waals surface area (Å²) in [5, 5.41) is 0.552. The predicted molar refractivity (Wildman–Crippen MR) is 133 cm³/mol. The van der Waals surface area contributed by atoms with Crippen molar-refractivity contribution in [1.82, 2.24) is 0 Å². The van der Waals surface area contributed by atoms with Crippen molar-refractivity contribution in [2.75, 3.05) is 13.2 Å². The van der Waals surface area contributed by atoms with Crippen molar-refractivity contribution in [1.29, 1.82) is 0 Å². The fraction of sp³-hybridized carbons (Fsp3) is 0.276. The van der Waals surface area contributed by atoms with Crippen LogP contribution in [0.3, 0.4) is 0 Å². The van der Waals surface area contributed by atoms with Crippen LogP contribution in [0, 0.1) is 6.92 Å². The van der Waals surface area contributed by atoms with E-state index in [2.05, 4.69) is 26.0 Å². The van der Waals surface area contributed by atoms with E-state index < -0.39 is 0 Å². The Hall–Kier alpha value is -3.73. The second kappa shape index (κ2) is 9.64. The van der Waals surface area contributed by atoms with Crippen LogP contribution in [0.5, 0.6) is 17.2 Å². The molecule has 2 heterocycles. The number of aryl methyl sites for hydroxylation is 2. The van der Waals surface area contributed by atoms with Crippen LogP contribution in [0.2, 0.25) is 0 Å². The SMILES string of the molecule is CCCc1cc2c(=O)c(-c3ccc4c(c3)OCCCO4)coc2cc1OCc1ccccc1C. The monoisotopic (exact) mass is 456 g/mol. The van der Waals surface area contributed by atoms with Gasteiger partial charge in [0, 0.05) is 12.5 Å². The van der Waals surface area contributed by atoms with Crippen molar-refractivity contribution in [2.24, 2.45) is 0 Å². The summed E-state index contributed by atoms with van der Waals surface area (Å²) in [7, 11) is 0.